The van der Waals surface area contributed by atoms with Crippen LogP contribution in [0, 0.1) is 0 Å². The van der Waals surface area contributed by atoms with Crippen molar-refractivity contribution in [2.24, 2.45) is 0 Å². The minimum Gasteiger partial charge on any atom is -0.497 e. The summed E-state index contributed by atoms with van der Waals surface area (Å²) in [5.74, 6) is -0.286. The molecule has 12 rings (SSSR count). The van der Waals surface area contributed by atoms with Crippen LogP contribution >= 0.6 is 0 Å². The van der Waals surface area contributed by atoms with E-state index in [1.54, 1.807) is 38.5 Å². The highest BCUT2D eigenvalue weighted by Gasteiger charge is 2.43. The number of anilines is 1. The number of carbonyl (C=O) groups is 4. The number of hydrogen-bond donors (Lipinski definition) is 5. The highest BCUT2D eigenvalue weighted by atomic mass is 16.6. The average molecular weight is 1190 g/mol. The number of nitrogens with one attached hydrogen (secondary N) is 4. The maximum absolute atomic E-state index is 14.0. The van der Waals surface area contributed by atoms with Gasteiger partial charge in [0.2, 0.25) is 5.91 Å². The first kappa shape index (κ1) is 59.0. The van der Waals surface area contributed by atoms with Gasteiger partial charge in [-0.15, -0.1) is 0 Å². The van der Waals surface area contributed by atoms with Gasteiger partial charge in [0.05, 0.1) is 33.5 Å². The van der Waals surface area contributed by atoms with Gasteiger partial charge < -0.3 is 54.8 Å². The lowest BCUT2D eigenvalue weighted by molar-refractivity contribution is -0.123. The van der Waals surface area contributed by atoms with Gasteiger partial charge in [-0.3, -0.25) is 14.2 Å². The minimum atomic E-state index is -1.29. The maximum Gasteiger partial charge on any atom is 0.407 e. The molecule has 4 amide bonds. The number of methoxy groups -OCH3 is 2. The maximum atomic E-state index is 14.0. The Hall–Kier alpha value is -10.4. The zero-order valence-corrected chi connectivity index (χ0v) is 48.7. The Morgan fingerprint density at radius 1 is 0.596 bits per heavy atom. The molecule has 89 heavy (non-hydrogen) atoms. The standard InChI is InChI=1S/C71H64N6O12/c1-84-49-32-28-47(29-33-49)71(46-14-4-3-5-15-46,48-30-34-50(85-2)35-31-48)88-43-63-62(78)38-65(89-63)77-37-36-64(76-68(77)81)75-66(79)45-26-24-44(25-27-45)39-72-67(80)61(74-70(83)87-42-60-57-22-12-8-18-53(57)54-19-9-13-23-58(54)60)40-73-69(82)86-41-59-55-20-10-6-16-51(55)52-17-7-11-21-56(52)59/h3-37,59-63,65,78H,38-43H2,1-2H3,(H,72,80)(H,73,82)(H,74,83)(H,75,76,79,81)/t61?,62?,63-,65?/m1/s1. The molecule has 2 aliphatic carbocycles. The van der Waals surface area contributed by atoms with Crippen LogP contribution in [-0.2, 0) is 35.9 Å². The van der Waals surface area contributed by atoms with Crippen LogP contribution in [0.1, 0.15) is 79.4 Å². The van der Waals surface area contributed by atoms with E-state index in [-0.39, 0.29) is 62.5 Å². The van der Waals surface area contributed by atoms with Crippen molar-refractivity contribution in [3.8, 4) is 33.8 Å². The normalized spacial score (nSPS) is 16.0. The van der Waals surface area contributed by atoms with E-state index in [1.807, 2.05) is 176 Å². The quantitative estimate of drug-likeness (QED) is 0.0423. The third-order valence-corrected chi connectivity index (χ3v) is 16.7. The second-order valence-electron chi connectivity index (χ2n) is 21.8. The van der Waals surface area contributed by atoms with Crippen LogP contribution in [-0.4, -0.2) is 97.5 Å². The summed E-state index contributed by atoms with van der Waals surface area (Å²) >= 11 is 0. The first-order valence-corrected chi connectivity index (χ1v) is 29.3. The minimum absolute atomic E-state index is 0.00134. The molecule has 0 bridgehead atoms. The Morgan fingerprint density at radius 2 is 1.09 bits per heavy atom. The van der Waals surface area contributed by atoms with Crippen LogP contribution in [0.15, 0.2) is 217 Å². The molecule has 5 N–H and O–H groups in total. The number of hydrogen-bond acceptors (Lipinski definition) is 13. The third-order valence-electron chi connectivity index (χ3n) is 16.7. The summed E-state index contributed by atoms with van der Waals surface area (Å²) in [4.78, 5) is 72.2. The van der Waals surface area contributed by atoms with Gasteiger partial charge in [0, 0.05) is 36.6 Å². The smallest absolute Gasteiger partial charge is 0.407 e. The molecule has 9 aromatic rings. The molecule has 3 unspecified atom stereocenters. The van der Waals surface area contributed by atoms with E-state index in [9.17, 15) is 29.1 Å². The first-order chi connectivity index (χ1) is 43.5. The highest BCUT2D eigenvalue weighted by molar-refractivity contribution is 6.03. The van der Waals surface area contributed by atoms with Gasteiger partial charge in [0.25, 0.3) is 5.91 Å². The average Bonchev–Trinajstić information content (AvgIpc) is 2.35. The highest BCUT2D eigenvalue weighted by Crippen LogP contribution is 2.47. The lowest BCUT2D eigenvalue weighted by Gasteiger charge is -2.37. The van der Waals surface area contributed by atoms with E-state index in [2.05, 4.69) is 26.3 Å². The number of aliphatic hydroxyl groups excluding tert-OH is 1. The van der Waals surface area contributed by atoms with Crippen molar-refractivity contribution in [1.82, 2.24) is 25.5 Å². The van der Waals surface area contributed by atoms with Crippen molar-refractivity contribution >= 4 is 29.8 Å². The molecule has 0 spiro atoms. The Morgan fingerprint density at radius 3 is 1.61 bits per heavy atom. The molecule has 0 radical (unpaired) electrons. The summed E-state index contributed by atoms with van der Waals surface area (Å²) in [6.45, 7) is -0.371. The largest absolute Gasteiger partial charge is 0.497 e. The zero-order valence-electron chi connectivity index (χ0n) is 48.7. The zero-order chi connectivity index (χ0) is 61.4. The topological polar surface area (TPSA) is 227 Å². The molecule has 1 aromatic heterocycles. The Labute approximate surface area is 513 Å². The summed E-state index contributed by atoms with van der Waals surface area (Å²) in [7, 11) is 3.20. The Kier molecular flexibility index (Phi) is 17.4. The van der Waals surface area contributed by atoms with Gasteiger partial charge in [-0.1, -0.05) is 164 Å². The van der Waals surface area contributed by atoms with Gasteiger partial charge in [-0.05, 0) is 109 Å². The predicted octanol–water partition coefficient (Wildman–Crippen LogP) is 10.2. The SMILES string of the molecule is COc1ccc(C(OC[C@H]2OC(n3ccc(NC(=O)c4ccc(CNC(=O)C(CNC(=O)OCC5c6ccccc6-c6ccccc65)NC(=O)OCC5c6ccccc6-c6ccccc65)cc4)nc3=O)CC2O)(c2ccccc2)c2ccc(OC)cc2)cc1. The van der Waals surface area contributed by atoms with E-state index >= 15 is 0 Å². The number of aromatic nitrogens is 2. The van der Waals surface area contributed by atoms with Crippen LogP contribution in [0.5, 0.6) is 11.5 Å². The molecule has 2 heterocycles. The Bertz CT molecular complexity index is 3950. The number of carbonyl (C=O) groups excluding carboxylic acids is 4. The van der Waals surface area contributed by atoms with E-state index in [4.69, 9.17) is 28.4 Å². The van der Waals surface area contributed by atoms with Crippen molar-refractivity contribution in [1.29, 1.82) is 0 Å². The summed E-state index contributed by atoms with van der Waals surface area (Å²) in [5, 5.41) is 22.2. The number of aliphatic hydroxyl groups is 1. The van der Waals surface area contributed by atoms with Crippen LogP contribution < -0.4 is 36.4 Å². The fourth-order valence-electron chi connectivity index (χ4n) is 12.1. The van der Waals surface area contributed by atoms with Gasteiger partial charge in [0.1, 0.15) is 54.5 Å². The van der Waals surface area contributed by atoms with E-state index in [1.165, 1.54) is 16.8 Å². The second-order valence-corrected chi connectivity index (χ2v) is 21.8. The van der Waals surface area contributed by atoms with Gasteiger partial charge >= 0.3 is 17.9 Å². The third kappa shape index (κ3) is 12.5. The molecule has 1 aliphatic heterocycles. The molecule has 1 saturated heterocycles. The van der Waals surface area contributed by atoms with Crippen molar-refractivity contribution in [2.75, 3.05) is 45.9 Å². The monoisotopic (exact) mass is 1190 g/mol. The van der Waals surface area contributed by atoms with Crippen LogP contribution in [0.4, 0.5) is 15.4 Å². The molecule has 18 heteroatoms. The number of rotatable bonds is 21. The Balaban J connectivity index is 0.671. The summed E-state index contributed by atoms with van der Waals surface area (Å²) < 4.78 is 37.1. The predicted molar refractivity (Wildman–Crippen MR) is 333 cm³/mol. The first-order valence-electron chi connectivity index (χ1n) is 29.3. The lowest BCUT2D eigenvalue weighted by atomic mass is 9.80. The fourth-order valence-corrected chi connectivity index (χ4v) is 12.1. The molecule has 0 saturated carbocycles. The summed E-state index contributed by atoms with van der Waals surface area (Å²) in [6.07, 6.45) is -2.90. The molecular weight excluding hydrogens is 1130 g/mol. The molecular formula is C71H64N6O12. The molecule has 8 aromatic carbocycles. The number of nitrogens with zero attached hydrogens (tertiary/aromatic N) is 2. The number of benzene rings is 8. The number of alkyl carbamates (subject to hydrolysis) is 2. The van der Waals surface area contributed by atoms with Crippen molar-refractivity contribution in [3.05, 3.63) is 273 Å². The number of ether oxygens (including phenoxy) is 6. The number of fused-ring (bicyclic) bond motifs is 6. The van der Waals surface area contributed by atoms with Gasteiger partial charge in [0.15, 0.2) is 0 Å². The molecule has 3 aliphatic rings. The molecule has 4 atom stereocenters. The summed E-state index contributed by atoms with van der Waals surface area (Å²) in [6, 6.07) is 63.3. The molecule has 450 valence electrons. The van der Waals surface area contributed by atoms with Gasteiger partial charge in [-0.2, -0.15) is 4.98 Å². The van der Waals surface area contributed by atoms with Crippen LogP contribution in [0.2, 0.25) is 0 Å². The number of amides is 4. The molecule has 18 nitrogen and oxygen atoms in total. The van der Waals surface area contributed by atoms with Crippen molar-refractivity contribution in [3.63, 3.8) is 0 Å². The van der Waals surface area contributed by atoms with E-state index < -0.39 is 59.8 Å². The van der Waals surface area contributed by atoms with E-state index in [0.717, 1.165) is 61.2 Å². The fraction of sp³-hybridized carbons (Fsp3) is 0.211. The molecule has 1 fully saturated rings. The van der Waals surface area contributed by atoms with Crippen LogP contribution in [0.3, 0.4) is 0 Å². The van der Waals surface area contributed by atoms with Gasteiger partial charge in [-0.25, -0.2) is 14.4 Å². The van der Waals surface area contributed by atoms with Crippen molar-refractivity contribution < 1.29 is 52.7 Å². The lowest BCUT2D eigenvalue weighted by Crippen LogP contribution is -2.52. The second kappa shape index (κ2) is 26.3. The van der Waals surface area contributed by atoms with Crippen molar-refractivity contribution in [2.45, 2.75) is 54.9 Å². The van der Waals surface area contributed by atoms with E-state index in [0.29, 0.717) is 17.1 Å². The summed E-state index contributed by atoms with van der Waals surface area (Å²) in [5.41, 5.74) is 9.76. The van der Waals surface area contributed by atoms with Crippen LogP contribution in [0.25, 0.3) is 22.3 Å².